The van der Waals surface area contributed by atoms with Crippen molar-refractivity contribution < 1.29 is 5.11 Å². The van der Waals surface area contributed by atoms with Gasteiger partial charge in [0.05, 0.1) is 0 Å². The van der Waals surface area contributed by atoms with Crippen LogP contribution in [0.3, 0.4) is 0 Å². The fourth-order valence-electron chi connectivity index (χ4n) is 2.54. The van der Waals surface area contributed by atoms with Crippen molar-refractivity contribution in [2.24, 2.45) is 0 Å². The van der Waals surface area contributed by atoms with E-state index in [2.05, 4.69) is 34.6 Å². The molecule has 22 heavy (non-hydrogen) atoms. The molecule has 1 aromatic heterocycles. The number of rotatable bonds is 6. The Labute approximate surface area is 130 Å². The number of benzene rings is 2. The molecule has 0 aliphatic carbocycles. The molecule has 0 fully saturated rings. The number of fused-ring (bicyclic) bond motifs is 1. The number of hydrogen-bond acceptors (Lipinski definition) is 2. The van der Waals surface area contributed by atoms with E-state index in [0.29, 0.717) is 5.75 Å². The van der Waals surface area contributed by atoms with Gasteiger partial charge in [-0.1, -0.05) is 42.5 Å². The SMILES string of the molecule is Oc1ccc2[nH]cc(CCNC/C=C/c3ccccc3)c2c1. The smallest absolute Gasteiger partial charge is 0.116 e. The zero-order valence-electron chi connectivity index (χ0n) is 12.4. The lowest BCUT2D eigenvalue weighted by molar-refractivity contribution is 0.476. The Bertz CT molecular complexity index is 759. The molecule has 3 N–H and O–H groups in total. The maximum absolute atomic E-state index is 9.58. The molecule has 3 rings (SSSR count). The Morgan fingerprint density at radius 2 is 1.95 bits per heavy atom. The molecule has 3 heteroatoms. The molecule has 1 heterocycles. The van der Waals surface area contributed by atoms with Gasteiger partial charge in [-0.25, -0.2) is 0 Å². The molecular formula is C19H20N2O. The van der Waals surface area contributed by atoms with Crippen molar-refractivity contribution in [1.29, 1.82) is 0 Å². The van der Waals surface area contributed by atoms with Crippen LogP contribution in [-0.2, 0) is 6.42 Å². The fourth-order valence-corrected chi connectivity index (χ4v) is 2.54. The minimum absolute atomic E-state index is 0.312. The molecule has 0 saturated heterocycles. The first kappa shape index (κ1) is 14.4. The van der Waals surface area contributed by atoms with Crippen molar-refractivity contribution in [3.05, 3.63) is 71.9 Å². The number of H-pyrrole nitrogens is 1. The zero-order valence-corrected chi connectivity index (χ0v) is 12.4. The van der Waals surface area contributed by atoms with Crippen LogP contribution in [0.5, 0.6) is 5.75 Å². The molecule has 0 aliphatic heterocycles. The van der Waals surface area contributed by atoms with Gasteiger partial charge in [-0.05, 0) is 42.3 Å². The average molecular weight is 292 g/mol. The number of aromatic nitrogens is 1. The van der Waals surface area contributed by atoms with E-state index >= 15 is 0 Å². The van der Waals surface area contributed by atoms with Crippen LogP contribution in [0.25, 0.3) is 17.0 Å². The van der Waals surface area contributed by atoms with Crippen LogP contribution in [0.4, 0.5) is 0 Å². The Hall–Kier alpha value is -2.52. The number of aromatic amines is 1. The van der Waals surface area contributed by atoms with Crippen molar-refractivity contribution >= 4 is 17.0 Å². The summed E-state index contributed by atoms with van der Waals surface area (Å²) in [4.78, 5) is 3.24. The van der Waals surface area contributed by atoms with Crippen molar-refractivity contribution in [3.63, 3.8) is 0 Å². The van der Waals surface area contributed by atoms with Gasteiger partial charge in [0.2, 0.25) is 0 Å². The van der Waals surface area contributed by atoms with Gasteiger partial charge in [-0.2, -0.15) is 0 Å². The van der Waals surface area contributed by atoms with E-state index in [4.69, 9.17) is 0 Å². The monoisotopic (exact) mass is 292 g/mol. The quantitative estimate of drug-likeness (QED) is 0.606. The Morgan fingerprint density at radius 1 is 1.09 bits per heavy atom. The molecule has 0 unspecified atom stereocenters. The first-order chi connectivity index (χ1) is 10.8. The van der Waals surface area contributed by atoms with Gasteiger partial charge in [0.1, 0.15) is 5.75 Å². The van der Waals surface area contributed by atoms with E-state index < -0.39 is 0 Å². The lowest BCUT2D eigenvalue weighted by Gasteiger charge is -2.01. The first-order valence-electron chi connectivity index (χ1n) is 7.54. The highest BCUT2D eigenvalue weighted by molar-refractivity contribution is 5.84. The van der Waals surface area contributed by atoms with Gasteiger partial charge >= 0.3 is 0 Å². The van der Waals surface area contributed by atoms with Crippen LogP contribution >= 0.6 is 0 Å². The third kappa shape index (κ3) is 3.57. The summed E-state index contributed by atoms with van der Waals surface area (Å²) in [5.41, 5.74) is 3.51. The highest BCUT2D eigenvalue weighted by Gasteiger charge is 2.03. The predicted octanol–water partition coefficient (Wildman–Crippen LogP) is 3.72. The number of hydrogen-bond donors (Lipinski definition) is 3. The van der Waals surface area contributed by atoms with E-state index in [-0.39, 0.29) is 0 Å². The largest absolute Gasteiger partial charge is 0.508 e. The van der Waals surface area contributed by atoms with Crippen LogP contribution < -0.4 is 5.32 Å². The van der Waals surface area contributed by atoms with Gasteiger partial charge < -0.3 is 15.4 Å². The van der Waals surface area contributed by atoms with E-state index in [1.165, 1.54) is 11.1 Å². The zero-order chi connectivity index (χ0) is 15.2. The van der Waals surface area contributed by atoms with Gasteiger partial charge in [0.25, 0.3) is 0 Å². The third-order valence-corrected chi connectivity index (χ3v) is 3.69. The normalized spacial score (nSPS) is 11.5. The van der Waals surface area contributed by atoms with Gasteiger partial charge in [0, 0.05) is 23.6 Å². The Morgan fingerprint density at radius 3 is 2.82 bits per heavy atom. The summed E-state index contributed by atoms with van der Waals surface area (Å²) in [6.07, 6.45) is 7.21. The van der Waals surface area contributed by atoms with Gasteiger partial charge in [-0.3, -0.25) is 0 Å². The number of phenolic OH excluding ortho intramolecular Hbond substituents is 1. The predicted molar refractivity (Wildman–Crippen MR) is 92.0 cm³/mol. The summed E-state index contributed by atoms with van der Waals surface area (Å²) >= 11 is 0. The lowest BCUT2D eigenvalue weighted by Crippen LogP contribution is -2.16. The summed E-state index contributed by atoms with van der Waals surface area (Å²) in [5, 5.41) is 14.1. The van der Waals surface area contributed by atoms with Crippen LogP contribution in [-0.4, -0.2) is 23.2 Å². The van der Waals surface area contributed by atoms with E-state index in [0.717, 1.165) is 30.4 Å². The van der Waals surface area contributed by atoms with Crippen molar-refractivity contribution in [2.45, 2.75) is 6.42 Å². The van der Waals surface area contributed by atoms with Crippen LogP contribution in [0.2, 0.25) is 0 Å². The van der Waals surface area contributed by atoms with Crippen molar-refractivity contribution in [3.8, 4) is 5.75 Å². The molecule has 0 amide bonds. The number of phenols is 1. The first-order valence-corrected chi connectivity index (χ1v) is 7.54. The van der Waals surface area contributed by atoms with Gasteiger partial charge in [-0.15, -0.1) is 0 Å². The molecule has 0 radical (unpaired) electrons. The maximum Gasteiger partial charge on any atom is 0.116 e. The average Bonchev–Trinajstić information content (AvgIpc) is 2.94. The molecule has 0 spiro atoms. The van der Waals surface area contributed by atoms with E-state index in [1.54, 1.807) is 6.07 Å². The second kappa shape index (κ2) is 6.96. The summed E-state index contributed by atoms with van der Waals surface area (Å²) in [6.45, 7) is 1.75. The summed E-state index contributed by atoms with van der Waals surface area (Å²) < 4.78 is 0. The van der Waals surface area contributed by atoms with Crippen molar-refractivity contribution in [2.75, 3.05) is 13.1 Å². The minimum atomic E-state index is 0.312. The van der Waals surface area contributed by atoms with E-state index in [9.17, 15) is 5.11 Å². The molecule has 0 aliphatic rings. The highest BCUT2D eigenvalue weighted by Crippen LogP contribution is 2.22. The molecule has 0 saturated carbocycles. The molecule has 112 valence electrons. The molecule has 3 nitrogen and oxygen atoms in total. The third-order valence-electron chi connectivity index (χ3n) is 3.69. The molecule has 2 aromatic carbocycles. The second-order valence-corrected chi connectivity index (χ2v) is 5.31. The number of nitrogens with one attached hydrogen (secondary N) is 2. The Kier molecular flexibility index (Phi) is 4.56. The Balaban J connectivity index is 1.48. The molecule has 0 bridgehead atoms. The van der Waals surface area contributed by atoms with Crippen LogP contribution in [0.15, 0.2) is 60.8 Å². The standard InChI is InChI=1S/C19H20N2O/c22-17-8-9-19-18(13-17)16(14-21-19)10-12-20-11-4-7-15-5-2-1-3-6-15/h1-9,13-14,20-22H,10-12H2/b7-4+. The summed E-state index contributed by atoms with van der Waals surface area (Å²) in [6, 6.07) is 15.7. The van der Waals surface area contributed by atoms with E-state index in [1.807, 2.05) is 36.5 Å². The summed E-state index contributed by atoms with van der Waals surface area (Å²) in [7, 11) is 0. The molecular weight excluding hydrogens is 272 g/mol. The minimum Gasteiger partial charge on any atom is -0.508 e. The van der Waals surface area contributed by atoms with Crippen LogP contribution in [0, 0.1) is 0 Å². The van der Waals surface area contributed by atoms with Crippen molar-refractivity contribution in [1.82, 2.24) is 10.3 Å². The maximum atomic E-state index is 9.58. The van der Waals surface area contributed by atoms with Crippen LogP contribution in [0.1, 0.15) is 11.1 Å². The number of aromatic hydroxyl groups is 1. The van der Waals surface area contributed by atoms with Gasteiger partial charge in [0.15, 0.2) is 0 Å². The highest BCUT2D eigenvalue weighted by atomic mass is 16.3. The topological polar surface area (TPSA) is 48.0 Å². The molecule has 0 atom stereocenters. The molecule has 3 aromatic rings. The summed E-state index contributed by atoms with van der Waals surface area (Å²) in [5.74, 6) is 0.312. The lowest BCUT2D eigenvalue weighted by atomic mass is 10.1. The second-order valence-electron chi connectivity index (χ2n) is 5.31. The fraction of sp³-hybridized carbons (Fsp3) is 0.158.